The van der Waals surface area contributed by atoms with Crippen LogP contribution in [0.5, 0.6) is 0 Å². The van der Waals surface area contributed by atoms with E-state index in [4.69, 9.17) is 11.6 Å². The molecule has 1 unspecified atom stereocenters. The first-order valence-electron chi connectivity index (χ1n) is 5.69. The largest absolute Gasteiger partial charge is 0.431 e. The molecule has 0 aromatic carbocycles. The average Bonchev–Trinajstić information content (AvgIpc) is 2.26. The Morgan fingerprint density at radius 2 is 2.00 bits per heavy atom. The lowest BCUT2D eigenvalue weighted by Crippen LogP contribution is -2.27. The molecule has 0 radical (unpaired) electrons. The van der Waals surface area contributed by atoms with Crippen LogP contribution in [0.2, 0.25) is 0 Å². The van der Waals surface area contributed by atoms with Crippen LogP contribution in [0, 0.1) is 5.92 Å². The number of hydrogen-bond acceptors (Lipinski definition) is 1. The molecule has 0 aliphatic heterocycles. The zero-order valence-electron chi connectivity index (χ0n) is 10.0. The second-order valence-corrected chi connectivity index (χ2v) is 4.65. The van der Waals surface area contributed by atoms with Crippen molar-refractivity contribution in [1.29, 1.82) is 0 Å². The molecule has 0 saturated heterocycles. The first kappa shape index (κ1) is 15.1. The van der Waals surface area contributed by atoms with Crippen molar-refractivity contribution >= 4 is 11.6 Å². The molecule has 0 bridgehead atoms. The molecular weight excluding hydrogens is 267 g/mol. The Bertz CT molecular complexity index is 442. The van der Waals surface area contributed by atoms with Crippen molar-refractivity contribution in [3.63, 3.8) is 0 Å². The van der Waals surface area contributed by atoms with E-state index in [1.807, 2.05) is 6.92 Å². The maximum Gasteiger partial charge on any atom is 0.431 e. The summed E-state index contributed by atoms with van der Waals surface area (Å²) in [5.41, 5.74) is -1.52. The van der Waals surface area contributed by atoms with Crippen molar-refractivity contribution in [2.24, 2.45) is 5.92 Å². The molecule has 0 aliphatic rings. The fourth-order valence-electron chi connectivity index (χ4n) is 1.68. The van der Waals surface area contributed by atoms with E-state index in [-0.39, 0.29) is 12.5 Å². The molecule has 0 spiro atoms. The lowest BCUT2D eigenvalue weighted by molar-refractivity contribution is -0.144. The zero-order chi connectivity index (χ0) is 13.8. The van der Waals surface area contributed by atoms with Crippen molar-refractivity contribution in [2.75, 3.05) is 5.88 Å². The van der Waals surface area contributed by atoms with Crippen LogP contribution in [-0.2, 0) is 12.7 Å². The number of rotatable bonds is 5. The molecule has 0 N–H and O–H groups in total. The third-order valence-corrected chi connectivity index (χ3v) is 3.01. The average molecular weight is 282 g/mol. The summed E-state index contributed by atoms with van der Waals surface area (Å²) in [4.78, 5) is 11.5. The van der Waals surface area contributed by atoms with E-state index in [1.54, 1.807) is 0 Å². The summed E-state index contributed by atoms with van der Waals surface area (Å²) in [6.07, 6.45) is -3.28. The predicted molar refractivity (Wildman–Crippen MR) is 64.8 cm³/mol. The maximum absolute atomic E-state index is 12.7. The van der Waals surface area contributed by atoms with E-state index in [9.17, 15) is 18.0 Å². The minimum atomic E-state index is -4.50. The van der Waals surface area contributed by atoms with Crippen LogP contribution < -0.4 is 5.56 Å². The van der Waals surface area contributed by atoms with E-state index < -0.39 is 17.4 Å². The number of halogens is 4. The van der Waals surface area contributed by atoms with Gasteiger partial charge in [0.25, 0.3) is 5.56 Å². The Morgan fingerprint density at radius 1 is 1.33 bits per heavy atom. The zero-order valence-corrected chi connectivity index (χ0v) is 10.8. The van der Waals surface area contributed by atoms with Crippen LogP contribution in [-0.4, -0.2) is 10.4 Å². The van der Waals surface area contributed by atoms with E-state index in [1.165, 1.54) is 0 Å². The molecular formula is C12H15ClF3NO. The summed E-state index contributed by atoms with van der Waals surface area (Å²) in [7, 11) is 0. The highest BCUT2D eigenvalue weighted by Gasteiger charge is 2.34. The van der Waals surface area contributed by atoms with Gasteiger partial charge in [0.15, 0.2) is 0 Å². The second kappa shape index (κ2) is 6.27. The van der Waals surface area contributed by atoms with Crippen molar-refractivity contribution in [3.05, 3.63) is 34.2 Å². The summed E-state index contributed by atoms with van der Waals surface area (Å²) in [6, 6.07) is 3.19. The standard InChI is InChI=1S/C12H15ClF3NO/c1-9(5-7-13)6-8-17-10(12(14,15)16)3-2-4-11(17)18/h2-4,9H,5-8H2,1H3. The van der Waals surface area contributed by atoms with E-state index in [0.717, 1.165) is 29.2 Å². The fraction of sp³-hybridized carbons (Fsp3) is 0.583. The number of pyridine rings is 1. The molecule has 1 rings (SSSR count). The van der Waals surface area contributed by atoms with Crippen LogP contribution in [0.3, 0.4) is 0 Å². The first-order chi connectivity index (χ1) is 8.36. The quantitative estimate of drug-likeness (QED) is 0.757. The number of alkyl halides is 4. The Hall–Kier alpha value is -0.970. The van der Waals surface area contributed by atoms with Gasteiger partial charge in [0.05, 0.1) is 0 Å². The lowest BCUT2D eigenvalue weighted by atomic mass is 10.1. The molecule has 0 amide bonds. The first-order valence-corrected chi connectivity index (χ1v) is 6.22. The Kier molecular flexibility index (Phi) is 5.26. The number of nitrogens with zero attached hydrogens (tertiary/aromatic N) is 1. The van der Waals surface area contributed by atoms with Gasteiger partial charge in [-0.3, -0.25) is 4.79 Å². The van der Waals surface area contributed by atoms with Crippen molar-refractivity contribution in [2.45, 2.75) is 32.5 Å². The highest BCUT2D eigenvalue weighted by atomic mass is 35.5. The van der Waals surface area contributed by atoms with Gasteiger partial charge in [-0.15, -0.1) is 11.6 Å². The predicted octanol–water partition coefficient (Wildman–Crippen LogP) is 3.52. The molecule has 0 aliphatic carbocycles. The normalized spacial score (nSPS) is 13.6. The highest BCUT2D eigenvalue weighted by molar-refractivity contribution is 6.17. The topological polar surface area (TPSA) is 22.0 Å². The second-order valence-electron chi connectivity index (χ2n) is 4.27. The van der Waals surface area contributed by atoms with Gasteiger partial charge in [-0.25, -0.2) is 0 Å². The Labute approximate surface area is 108 Å². The van der Waals surface area contributed by atoms with Gasteiger partial charge in [0.1, 0.15) is 5.69 Å². The Morgan fingerprint density at radius 3 is 2.56 bits per heavy atom. The summed E-state index contributed by atoms with van der Waals surface area (Å²) >= 11 is 5.56. The maximum atomic E-state index is 12.7. The van der Waals surface area contributed by atoms with Gasteiger partial charge in [0, 0.05) is 18.5 Å². The van der Waals surface area contributed by atoms with Crippen LogP contribution in [0.25, 0.3) is 0 Å². The van der Waals surface area contributed by atoms with Crippen molar-refractivity contribution < 1.29 is 13.2 Å². The van der Waals surface area contributed by atoms with Crippen LogP contribution in [0.1, 0.15) is 25.5 Å². The summed E-state index contributed by atoms with van der Waals surface area (Å²) < 4.78 is 38.9. The number of aromatic nitrogens is 1. The third-order valence-electron chi connectivity index (χ3n) is 2.79. The van der Waals surface area contributed by atoms with Gasteiger partial charge in [-0.05, 0) is 24.8 Å². The monoisotopic (exact) mass is 281 g/mol. The molecule has 1 atom stereocenters. The smallest absolute Gasteiger partial charge is 0.304 e. The number of hydrogen-bond donors (Lipinski definition) is 0. The van der Waals surface area contributed by atoms with Crippen molar-refractivity contribution in [3.8, 4) is 0 Å². The Balaban J connectivity index is 2.91. The summed E-state index contributed by atoms with van der Waals surface area (Å²) in [5.74, 6) is 0.660. The van der Waals surface area contributed by atoms with Gasteiger partial charge < -0.3 is 4.57 Å². The molecule has 0 fully saturated rings. The van der Waals surface area contributed by atoms with Crippen LogP contribution in [0.4, 0.5) is 13.2 Å². The fourth-order valence-corrected chi connectivity index (χ4v) is 2.05. The minimum absolute atomic E-state index is 0.0621. The van der Waals surface area contributed by atoms with Gasteiger partial charge in [-0.2, -0.15) is 13.2 Å². The lowest BCUT2D eigenvalue weighted by Gasteiger charge is -2.16. The molecule has 1 aromatic rings. The van der Waals surface area contributed by atoms with Crippen molar-refractivity contribution in [1.82, 2.24) is 4.57 Å². The van der Waals surface area contributed by atoms with E-state index >= 15 is 0 Å². The third kappa shape index (κ3) is 4.05. The van der Waals surface area contributed by atoms with E-state index in [0.29, 0.717) is 12.3 Å². The SMILES string of the molecule is CC(CCCl)CCn1c(C(F)(F)F)cccc1=O. The summed E-state index contributed by atoms with van der Waals surface area (Å²) in [6.45, 7) is 1.97. The molecule has 1 aromatic heterocycles. The molecule has 6 heteroatoms. The van der Waals surface area contributed by atoms with Gasteiger partial charge in [-0.1, -0.05) is 13.0 Å². The highest BCUT2D eigenvalue weighted by Crippen LogP contribution is 2.28. The minimum Gasteiger partial charge on any atom is -0.304 e. The van der Waals surface area contributed by atoms with E-state index in [2.05, 4.69) is 0 Å². The molecule has 0 saturated carbocycles. The van der Waals surface area contributed by atoms with Gasteiger partial charge >= 0.3 is 6.18 Å². The van der Waals surface area contributed by atoms with Gasteiger partial charge in [0.2, 0.25) is 0 Å². The summed E-state index contributed by atoms with van der Waals surface area (Å²) in [5, 5.41) is 0. The molecule has 18 heavy (non-hydrogen) atoms. The molecule has 102 valence electrons. The molecule has 2 nitrogen and oxygen atoms in total. The van der Waals surface area contributed by atoms with Crippen LogP contribution in [0.15, 0.2) is 23.0 Å². The van der Waals surface area contributed by atoms with Crippen LogP contribution >= 0.6 is 11.6 Å². The molecule has 1 heterocycles.